The van der Waals surface area contributed by atoms with Gasteiger partial charge >= 0.3 is 0 Å². The van der Waals surface area contributed by atoms with E-state index in [2.05, 4.69) is 31.2 Å². The van der Waals surface area contributed by atoms with E-state index >= 15 is 0 Å². The van der Waals surface area contributed by atoms with Crippen LogP contribution in [0.4, 0.5) is 0 Å². The molecule has 0 amide bonds. The predicted molar refractivity (Wildman–Crippen MR) is 77.7 cm³/mol. The van der Waals surface area contributed by atoms with Gasteiger partial charge in [0.1, 0.15) is 0 Å². The summed E-state index contributed by atoms with van der Waals surface area (Å²) in [7, 11) is -3.00. The molecule has 1 N–H and O–H groups in total. The second-order valence-corrected chi connectivity index (χ2v) is 8.81. The van der Waals surface area contributed by atoms with Crippen molar-refractivity contribution in [1.82, 2.24) is 15.1 Å². The summed E-state index contributed by atoms with van der Waals surface area (Å²) < 4.78 is 25.1. The lowest BCUT2D eigenvalue weighted by molar-refractivity contribution is 0.424. The molecule has 1 rings (SSSR count). The number of hydrogen-bond donors (Lipinski definition) is 1. The summed E-state index contributed by atoms with van der Waals surface area (Å²) in [6, 6.07) is 0. The molecule has 1 heterocycles. The molecule has 0 atom stereocenters. The third kappa shape index (κ3) is 5.74. The van der Waals surface area contributed by atoms with Crippen LogP contribution in [0.5, 0.6) is 0 Å². The maximum atomic E-state index is 11.7. The van der Waals surface area contributed by atoms with Crippen molar-refractivity contribution in [3.8, 4) is 0 Å². The van der Waals surface area contributed by atoms with Crippen LogP contribution in [0.1, 0.15) is 40.2 Å². The van der Waals surface area contributed by atoms with Crippen LogP contribution in [0.3, 0.4) is 0 Å². The predicted octanol–water partition coefficient (Wildman–Crippen LogP) is 1.59. The minimum atomic E-state index is -3.00. The van der Waals surface area contributed by atoms with E-state index in [1.807, 2.05) is 6.20 Å². The summed E-state index contributed by atoms with van der Waals surface area (Å²) in [5.74, 6) is 0.137. The van der Waals surface area contributed by atoms with Crippen molar-refractivity contribution in [2.45, 2.75) is 58.5 Å². The van der Waals surface area contributed by atoms with E-state index < -0.39 is 9.84 Å². The van der Waals surface area contributed by atoms with Gasteiger partial charge in [0, 0.05) is 23.8 Å². The van der Waals surface area contributed by atoms with Crippen molar-refractivity contribution in [1.29, 1.82) is 0 Å². The van der Waals surface area contributed by atoms with Gasteiger partial charge in [0.25, 0.3) is 0 Å². The first-order valence-electron chi connectivity index (χ1n) is 6.58. The first-order chi connectivity index (χ1) is 8.60. The van der Waals surface area contributed by atoms with Crippen molar-refractivity contribution < 1.29 is 8.42 Å². The molecule has 0 unspecified atom stereocenters. The van der Waals surface area contributed by atoms with Crippen molar-refractivity contribution in [3.63, 3.8) is 0 Å². The summed E-state index contributed by atoms with van der Waals surface area (Å²) in [5, 5.41) is 7.23. The average Bonchev–Trinajstić information content (AvgIpc) is 2.70. The molecule has 1 aromatic rings. The van der Waals surface area contributed by atoms with Gasteiger partial charge in [0.2, 0.25) is 0 Å². The van der Waals surface area contributed by atoms with Gasteiger partial charge in [-0.3, -0.25) is 4.68 Å². The Labute approximate surface area is 116 Å². The number of rotatable bonds is 6. The van der Waals surface area contributed by atoms with Crippen LogP contribution in [0.2, 0.25) is 0 Å². The largest absolute Gasteiger partial charge is 0.308 e. The zero-order valence-electron chi connectivity index (χ0n) is 12.5. The third-order valence-corrected chi connectivity index (χ3v) is 5.02. The second kappa shape index (κ2) is 6.05. The molecule has 5 nitrogen and oxygen atoms in total. The monoisotopic (exact) mass is 287 g/mol. The smallest absolute Gasteiger partial charge is 0.154 e. The van der Waals surface area contributed by atoms with E-state index in [9.17, 15) is 8.42 Å². The molecule has 0 spiro atoms. The molecule has 0 aliphatic heterocycles. The van der Waals surface area contributed by atoms with E-state index in [1.165, 1.54) is 0 Å². The minimum absolute atomic E-state index is 0.0586. The van der Waals surface area contributed by atoms with Crippen LogP contribution in [0.25, 0.3) is 0 Å². The molecule has 0 saturated carbocycles. The van der Waals surface area contributed by atoms with Crippen LogP contribution in [0, 0.1) is 0 Å². The summed E-state index contributed by atoms with van der Waals surface area (Å²) in [5.41, 5.74) is 1.13. The Morgan fingerprint density at radius 3 is 2.53 bits per heavy atom. The van der Waals surface area contributed by atoms with E-state index in [4.69, 9.17) is 0 Å². The Kier molecular flexibility index (Phi) is 5.15. The van der Waals surface area contributed by atoms with E-state index in [0.29, 0.717) is 6.54 Å². The minimum Gasteiger partial charge on any atom is -0.308 e. The highest BCUT2D eigenvalue weighted by atomic mass is 32.2. The van der Waals surface area contributed by atoms with Gasteiger partial charge in [-0.15, -0.1) is 0 Å². The topological polar surface area (TPSA) is 64.0 Å². The second-order valence-electron chi connectivity index (χ2n) is 6.13. The molecule has 19 heavy (non-hydrogen) atoms. The highest BCUT2D eigenvalue weighted by molar-refractivity contribution is 7.91. The molecular formula is C13H25N3O2S. The maximum Gasteiger partial charge on any atom is 0.154 e. The number of sulfone groups is 1. The summed E-state index contributed by atoms with van der Waals surface area (Å²) in [6.45, 7) is 10.9. The fraction of sp³-hybridized carbons (Fsp3) is 0.769. The molecule has 110 valence electrons. The van der Waals surface area contributed by atoms with Crippen molar-refractivity contribution in [2.75, 3.05) is 5.75 Å². The fourth-order valence-electron chi connectivity index (χ4n) is 1.44. The van der Waals surface area contributed by atoms with Crippen molar-refractivity contribution in [3.05, 3.63) is 18.0 Å². The summed E-state index contributed by atoms with van der Waals surface area (Å²) in [6.07, 6.45) is 3.68. The molecule has 0 radical (unpaired) electrons. The number of aromatic nitrogens is 2. The highest BCUT2D eigenvalue weighted by Crippen LogP contribution is 2.05. The third-order valence-electron chi connectivity index (χ3n) is 2.83. The van der Waals surface area contributed by atoms with Gasteiger partial charge in [0.05, 0.1) is 23.7 Å². The average molecular weight is 287 g/mol. The first kappa shape index (κ1) is 16.2. The van der Waals surface area contributed by atoms with Gasteiger partial charge in [-0.2, -0.15) is 5.10 Å². The Balaban J connectivity index is 2.52. The quantitative estimate of drug-likeness (QED) is 0.863. The highest BCUT2D eigenvalue weighted by Gasteiger charge is 2.16. The normalized spacial score (nSPS) is 13.2. The van der Waals surface area contributed by atoms with E-state index in [1.54, 1.807) is 24.7 Å². The Morgan fingerprint density at radius 2 is 2.00 bits per heavy atom. The van der Waals surface area contributed by atoms with Gasteiger partial charge in [-0.1, -0.05) is 0 Å². The summed E-state index contributed by atoms with van der Waals surface area (Å²) in [4.78, 5) is 0. The molecule has 0 bridgehead atoms. The number of aryl methyl sites for hydroxylation is 1. The van der Waals surface area contributed by atoms with Crippen LogP contribution in [-0.4, -0.2) is 34.7 Å². The number of nitrogens with zero attached hydrogens (tertiary/aromatic N) is 2. The van der Waals surface area contributed by atoms with Crippen LogP contribution in [-0.2, 0) is 22.9 Å². The SMILES string of the molecule is CC(C)S(=O)(=O)CCn1cc(CNC(C)(C)C)cn1. The lowest BCUT2D eigenvalue weighted by Crippen LogP contribution is -2.34. The molecule has 0 fully saturated rings. The molecule has 0 aromatic carbocycles. The van der Waals surface area contributed by atoms with Gasteiger partial charge in [0.15, 0.2) is 9.84 Å². The molecule has 0 aliphatic carbocycles. The van der Waals surface area contributed by atoms with Gasteiger partial charge < -0.3 is 5.32 Å². The molecular weight excluding hydrogens is 262 g/mol. The van der Waals surface area contributed by atoms with Gasteiger partial charge in [-0.25, -0.2) is 8.42 Å². The Hall–Kier alpha value is -0.880. The standard InChI is InChI=1S/C13H25N3O2S/c1-11(2)19(17,18)7-6-16-10-12(9-15-16)8-14-13(3,4)5/h9-11,14H,6-8H2,1-5H3. The van der Waals surface area contributed by atoms with Crippen LogP contribution in [0.15, 0.2) is 12.4 Å². The molecule has 6 heteroatoms. The lowest BCUT2D eigenvalue weighted by Gasteiger charge is -2.19. The first-order valence-corrected chi connectivity index (χ1v) is 8.29. The van der Waals surface area contributed by atoms with E-state index in [0.717, 1.165) is 12.1 Å². The van der Waals surface area contributed by atoms with Crippen molar-refractivity contribution in [2.24, 2.45) is 0 Å². The molecule has 1 aromatic heterocycles. The van der Waals surface area contributed by atoms with Crippen LogP contribution < -0.4 is 5.32 Å². The molecule has 0 saturated heterocycles. The van der Waals surface area contributed by atoms with Gasteiger partial charge in [-0.05, 0) is 34.6 Å². The Bertz CT molecular complexity index is 498. The zero-order valence-corrected chi connectivity index (χ0v) is 13.3. The maximum absolute atomic E-state index is 11.7. The number of hydrogen-bond acceptors (Lipinski definition) is 4. The van der Waals surface area contributed by atoms with Crippen LogP contribution >= 0.6 is 0 Å². The summed E-state index contributed by atoms with van der Waals surface area (Å²) >= 11 is 0. The Morgan fingerprint density at radius 1 is 1.37 bits per heavy atom. The zero-order chi connectivity index (χ0) is 14.7. The van der Waals surface area contributed by atoms with E-state index in [-0.39, 0.29) is 16.5 Å². The lowest BCUT2D eigenvalue weighted by atomic mass is 10.1. The molecule has 0 aliphatic rings. The fourth-order valence-corrected chi connectivity index (χ4v) is 2.36. The number of nitrogens with one attached hydrogen (secondary N) is 1. The van der Waals surface area contributed by atoms with Crippen molar-refractivity contribution >= 4 is 9.84 Å².